The van der Waals surface area contributed by atoms with Crippen molar-refractivity contribution in [1.29, 1.82) is 0 Å². The van der Waals surface area contributed by atoms with Crippen LogP contribution in [0.2, 0.25) is 0 Å². The summed E-state index contributed by atoms with van der Waals surface area (Å²) in [5, 5.41) is 10.7. The third-order valence-corrected chi connectivity index (χ3v) is 2.46. The number of nitro groups is 1. The number of pyridine rings is 1. The number of benzene rings is 1. The van der Waals surface area contributed by atoms with Crippen LogP contribution in [0.25, 0.3) is 0 Å². The summed E-state index contributed by atoms with van der Waals surface area (Å²) in [6.07, 6.45) is 1.25. The van der Waals surface area contributed by atoms with Gasteiger partial charge in [-0.1, -0.05) is 15.9 Å². The maximum Gasteiger partial charge on any atom is 0.274 e. The maximum atomic E-state index is 12.8. The van der Waals surface area contributed by atoms with Crippen molar-refractivity contribution in [1.82, 2.24) is 4.98 Å². The quantitative estimate of drug-likeness (QED) is 0.492. The lowest BCUT2D eigenvalue weighted by molar-refractivity contribution is -0.385. The van der Waals surface area contributed by atoms with Gasteiger partial charge < -0.3 is 4.74 Å². The number of halogens is 2. The second-order valence-electron chi connectivity index (χ2n) is 3.32. The van der Waals surface area contributed by atoms with Gasteiger partial charge in [-0.3, -0.25) is 10.1 Å². The first-order chi connectivity index (χ1) is 8.54. The van der Waals surface area contributed by atoms with E-state index in [4.69, 9.17) is 4.74 Å². The zero-order valence-corrected chi connectivity index (χ0v) is 10.4. The van der Waals surface area contributed by atoms with Crippen LogP contribution < -0.4 is 4.74 Å². The number of nitro benzene ring substituents is 1. The molecule has 0 unspecified atom stereocenters. The van der Waals surface area contributed by atoms with Crippen LogP contribution in [0.1, 0.15) is 0 Å². The number of nitrogens with zero attached hydrogens (tertiary/aromatic N) is 2. The highest BCUT2D eigenvalue weighted by molar-refractivity contribution is 9.10. The van der Waals surface area contributed by atoms with Gasteiger partial charge in [-0.2, -0.15) is 4.39 Å². The van der Waals surface area contributed by atoms with E-state index in [1.807, 2.05) is 0 Å². The summed E-state index contributed by atoms with van der Waals surface area (Å²) in [5.41, 5.74) is -0.117. The van der Waals surface area contributed by atoms with Crippen molar-refractivity contribution in [3.05, 3.63) is 57.1 Å². The molecule has 0 spiro atoms. The van der Waals surface area contributed by atoms with Gasteiger partial charge in [-0.25, -0.2) is 4.98 Å². The number of rotatable bonds is 3. The van der Waals surface area contributed by atoms with E-state index in [0.717, 1.165) is 6.07 Å². The molecule has 5 nitrogen and oxygen atoms in total. The first-order valence-electron chi connectivity index (χ1n) is 4.79. The molecule has 2 rings (SSSR count). The van der Waals surface area contributed by atoms with Crippen molar-refractivity contribution in [3.8, 4) is 11.5 Å². The van der Waals surface area contributed by atoms with Gasteiger partial charge in [-0.05, 0) is 12.1 Å². The maximum absolute atomic E-state index is 12.8. The molecule has 0 bridgehead atoms. The molecule has 2 aromatic rings. The second-order valence-corrected chi connectivity index (χ2v) is 4.23. The van der Waals surface area contributed by atoms with Gasteiger partial charge in [0.15, 0.2) is 0 Å². The van der Waals surface area contributed by atoms with Crippen LogP contribution >= 0.6 is 15.9 Å². The highest BCUT2D eigenvalue weighted by Gasteiger charge is 2.10. The standard InChI is InChI=1S/C11H6BrFN2O3/c12-7-3-8(15(16)17)5-10(4-7)18-9-1-2-14-11(13)6-9/h1-6H. The van der Waals surface area contributed by atoms with E-state index in [1.165, 1.54) is 24.4 Å². The van der Waals surface area contributed by atoms with Crippen molar-refractivity contribution in [2.45, 2.75) is 0 Å². The van der Waals surface area contributed by atoms with Crippen LogP contribution in [0.15, 0.2) is 41.0 Å². The van der Waals surface area contributed by atoms with E-state index in [0.29, 0.717) is 4.47 Å². The van der Waals surface area contributed by atoms with E-state index in [1.54, 1.807) is 6.07 Å². The first-order valence-corrected chi connectivity index (χ1v) is 5.58. The molecule has 0 amide bonds. The Hall–Kier alpha value is -2.02. The van der Waals surface area contributed by atoms with Crippen LogP contribution in [-0.2, 0) is 0 Å². The summed E-state index contributed by atoms with van der Waals surface area (Å²) in [4.78, 5) is 13.5. The van der Waals surface area contributed by atoms with Gasteiger partial charge in [-0.15, -0.1) is 0 Å². The molecular formula is C11H6BrFN2O3. The molecule has 0 aliphatic carbocycles. The average molecular weight is 313 g/mol. The van der Waals surface area contributed by atoms with Gasteiger partial charge in [0.25, 0.3) is 5.69 Å². The average Bonchev–Trinajstić information content (AvgIpc) is 2.28. The minimum atomic E-state index is -0.683. The number of hydrogen-bond donors (Lipinski definition) is 0. The zero-order valence-electron chi connectivity index (χ0n) is 8.84. The molecule has 0 fully saturated rings. The molecule has 7 heteroatoms. The molecule has 0 saturated carbocycles. The van der Waals surface area contributed by atoms with Crippen molar-refractivity contribution < 1.29 is 14.1 Å². The Bertz CT molecular complexity index is 607. The minimum Gasteiger partial charge on any atom is -0.457 e. The molecule has 0 aliphatic heterocycles. The number of hydrogen-bond acceptors (Lipinski definition) is 4. The Labute approximate surface area is 110 Å². The van der Waals surface area contributed by atoms with Crippen LogP contribution in [0.3, 0.4) is 0 Å². The second kappa shape index (κ2) is 5.09. The predicted molar refractivity (Wildman–Crippen MR) is 65.1 cm³/mol. The number of non-ortho nitro benzene ring substituents is 1. The highest BCUT2D eigenvalue weighted by atomic mass is 79.9. The molecule has 0 aliphatic rings. The molecule has 1 aromatic carbocycles. The molecule has 1 heterocycles. The van der Waals surface area contributed by atoms with Crippen LogP contribution in [0.5, 0.6) is 11.5 Å². The molecule has 1 aromatic heterocycles. The fourth-order valence-corrected chi connectivity index (χ4v) is 1.76. The number of aromatic nitrogens is 1. The Morgan fingerprint density at radius 3 is 2.72 bits per heavy atom. The summed E-state index contributed by atoms with van der Waals surface area (Å²) < 4.78 is 18.7. The van der Waals surface area contributed by atoms with Crippen LogP contribution in [-0.4, -0.2) is 9.91 Å². The smallest absolute Gasteiger partial charge is 0.274 e. The van der Waals surface area contributed by atoms with Crippen molar-refractivity contribution >= 4 is 21.6 Å². The van der Waals surface area contributed by atoms with Gasteiger partial charge in [0, 0.05) is 22.8 Å². The van der Waals surface area contributed by atoms with Crippen molar-refractivity contribution in [2.75, 3.05) is 0 Å². The van der Waals surface area contributed by atoms with Crippen LogP contribution in [0.4, 0.5) is 10.1 Å². The van der Waals surface area contributed by atoms with Gasteiger partial charge in [0.05, 0.1) is 11.0 Å². The SMILES string of the molecule is O=[N+]([O-])c1cc(Br)cc(Oc2ccnc(F)c2)c1. The molecule has 0 N–H and O–H groups in total. The van der Waals surface area contributed by atoms with E-state index >= 15 is 0 Å². The lowest BCUT2D eigenvalue weighted by atomic mass is 10.3. The highest BCUT2D eigenvalue weighted by Crippen LogP contribution is 2.29. The Morgan fingerprint density at radius 1 is 1.28 bits per heavy atom. The molecule has 18 heavy (non-hydrogen) atoms. The summed E-state index contributed by atoms with van der Waals surface area (Å²) >= 11 is 3.14. The van der Waals surface area contributed by atoms with Gasteiger partial charge >= 0.3 is 0 Å². The lowest BCUT2D eigenvalue weighted by Gasteiger charge is -2.05. The Balaban J connectivity index is 2.31. The molecule has 0 atom stereocenters. The zero-order chi connectivity index (χ0) is 13.1. The Kier molecular flexibility index (Phi) is 3.52. The lowest BCUT2D eigenvalue weighted by Crippen LogP contribution is -1.91. The third-order valence-electron chi connectivity index (χ3n) is 2.00. The normalized spacial score (nSPS) is 10.1. The van der Waals surface area contributed by atoms with Crippen molar-refractivity contribution in [3.63, 3.8) is 0 Å². The summed E-state index contributed by atoms with van der Waals surface area (Å²) in [5.74, 6) is -0.228. The largest absolute Gasteiger partial charge is 0.457 e. The molecule has 0 saturated heterocycles. The van der Waals surface area contributed by atoms with E-state index in [2.05, 4.69) is 20.9 Å². The topological polar surface area (TPSA) is 65.3 Å². The van der Waals surface area contributed by atoms with Gasteiger partial charge in [0.1, 0.15) is 11.5 Å². The fourth-order valence-electron chi connectivity index (χ4n) is 1.30. The van der Waals surface area contributed by atoms with Crippen LogP contribution in [0, 0.1) is 16.1 Å². The Morgan fingerprint density at radius 2 is 2.06 bits per heavy atom. The summed E-state index contributed by atoms with van der Waals surface area (Å²) in [7, 11) is 0. The van der Waals surface area contributed by atoms with Crippen molar-refractivity contribution in [2.24, 2.45) is 0 Å². The molecule has 92 valence electrons. The van der Waals surface area contributed by atoms with E-state index < -0.39 is 10.9 Å². The third kappa shape index (κ3) is 3.01. The van der Waals surface area contributed by atoms with E-state index in [-0.39, 0.29) is 17.2 Å². The summed E-state index contributed by atoms with van der Waals surface area (Å²) in [6, 6.07) is 6.69. The molecular weight excluding hydrogens is 307 g/mol. The van der Waals surface area contributed by atoms with Gasteiger partial charge in [0.2, 0.25) is 5.95 Å². The van der Waals surface area contributed by atoms with E-state index in [9.17, 15) is 14.5 Å². The first kappa shape index (κ1) is 12.4. The predicted octanol–water partition coefficient (Wildman–Crippen LogP) is 3.68. The fraction of sp³-hybridized carbons (Fsp3) is 0. The number of ether oxygens (including phenoxy) is 1. The molecule has 0 radical (unpaired) electrons. The summed E-state index contributed by atoms with van der Waals surface area (Å²) in [6.45, 7) is 0. The monoisotopic (exact) mass is 312 g/mol. The minimum absolute atomic E-state index is 0.117.